The van der Waals surface area contributed by atoms with Crippen molar-refractivity contribution in [2.45, 2.75) is 25.0 Å². The summed E-state index contributed by atoms with van der Waals surface area (Å²) in [6.45, 7) is 2.38. The third-order valence-corrected chi connectivity index (χ3v) is 2.61. The van der Waals surface area contributed by atoms with Gasteiger partial charge in [-0.15, -0.1) is 0 Å². The van der Waals surface area contributed by atoms with E-state index in [4.69, 9.17) is 0 Å². The fourth-order valence-corrected chi connectivity index (χ4v) is 2.01. The van der Waals surface area contributed by atoms with Crippen LogP contribution in [-0.4, -0.2) is 47.7 Å². The summed E-state index contributed by atoms with van der Waals surface area (Å²) in [4.78, 5) is 13.5. The first-order chi connectivity index (χ1) is 5.77. The van der Waals surface area contributed by atoms with Crippen LogP contribution in [0.2, 0.25) is 0 Å². The second kappa shape index (κ2) is 3.03. The molecule has 0 radical (unpaired) electrons. The van der Waals surface area contributed by atoms with E-state index in [9.17, 15) is 9.90 Å². The zero-order chi connectivity index (χ0) is 8.55. The molecule has 1 amide bonds. The maximum absolute atomic E-state index is 11.4. The Balaban J connectivity index is 2.09. The highest BCUT2D eigenvalue weighted by molar-refractivity contribution is 5.82. The molecule has 2 heterocycles. The molecule has 0 aliphatic carbocycles. The highest BCUT2D eigenvalue weighted by Crippen LogP contribution is 2.19. The summed E-state index contributed by atoms with van der Waals surface area (Å²) in [6.07, 6.45) is 1.29. The molecular formula is C8H14N2O2. The Bertz CT molecular complexity index is 195. The summed E-state index contributed by atoms with van der Waals surface area (Å²) in [5.74, 6) is 0.0871. The lowest BCUT2D eigenvalue weighted by atomic mass is 10.2. The second-order valence-corrected chi connectivity index (χ2v) is 3.54. The van der Waals surface area contributed by atoms with Crippen LogP contribution in [0.5, 0.6) is 0 Å². The molecule has 2 aliphatic rings. The monoisotopic (exact) mass is 170 g/mol. The predicted octanol–water partition coefficient (Wildman–Crippen LogP) is -1.06. The summed E-state index contributed by atoms with van der Waals surface area (Å²) >= 11 is 0. The fraction of sp³-hybridized carbons (Fsp3) is 0.875. The van der Waals surface area contributed by atoms with Crippen molar-refractivity contribution in [3.8, 4) is 0 Å². The van der Waals surface area contributed by atoms with E-state index in [2.05, 4.69) is 10.2 Å². The Morgan fingerprint density at radius 1 is 1.58 bits per heavy atom. The third-order valence-electron chi connectivity index (χ3n) is 2.61. The van der Waals surface area contributed by atoms with Crippen molar-refractivity contribution >= 4 is 5.91 Å². The van der Waals surface area contributed by atoms with Crippen LogP contribution < -0.4 is 5.32 Å². The van der Waals surface area contributed by atoms with Gasteiger partial charge in [-0.2, -0.15) is 0 Å². The van der Waals surface area contributed by atoms with Crippen molar-refractivity contribution in [1.82, 2.24) is 10.2 Å². The Morgan fingerprint density at radius 3 is 3.25 bits per heavy atom. The average molecular weight is 170 g/mol. The van der Waals surface area contributed by atoms with Crippen LogP contribution in [0.4, 0.5) is 0 Å². The lowest BCUT2D eigenvalue weighted by molar-refractivity contribution is -0.124. The number of carbonyl (C=O) groups excluding carboxylic acids is 1. The minimum absolute atomic E-state index is 0.0671. The number of aliphatic hydroxyl groups is 1. The second-order valence-electron chi connectivity index (χ2n) is 3.54. The number of carbonyl (C=O) groups is 1. The molecule has 4 heteroatoms. The summed E-state index contributed by atoms with van der Waals surface area (Å²) < 4.78 is 0. The van der Waals surface area contributed by atoms with E-state index < -0.39 is 0 Å². The molecule has 0 aromatic carbocycles. The van der Waals surface area contributed by atoms with Crippen molar-refractivity contribution in [1.29, 1.82) is 0 Å². The van der Waals surface area contributed by atoms with Crippen LogP contribution in [0.25, 0.3) is 0 Å². The van der Waals surface area contributed by atoms with Crippen LogP contribution in [0.3, 0.4) is 0 Å². The Morgan fingerprint density at radius 2 is 2.42 bits per heavy atom. The van der Waals surface area contributed by atoms with Gasteiger partial charge in [0.15, 0.2) is 0 Å². The molecule has 0 aromatic heterocycles. The molecule has 2 rings (SSSR count). The van der Waals surface area contributed by atoms with Crippen LogP contribution in [0, 0.1) is 0 Å². The van der Waals surface area contributed by atoms with Gasteiger partial charge in [0.1, 0.15) is 0 Å². The molecule has 68 valence electrons. The van der Waals surface area contributed by atoms with Crippen molar-refractivity contribution in [3.05, 3.63) is 0 Å². The molecule has 0 aromatic rings. The van der Waals surface area contributed by atoms with E-state index in [1.165, 1.54) is 0 Å². The first kappa shape index (κ1) is 8.01. The van der Waals surface area contributed by atoms with Gasteiger partial charge in [0.2, 0.25) is 5.91 Å². The first-order valence-corrected chi connectivity index (χ1v) is 4.47. The molecule has 2 fully saturated rings. The zero-order valence-electron chi connectivity index (χ0n) is 6.99. The minimum atomic E-state index is -0.307. The normalized spacial score (nSPS) is 37.2. The van der Waals surface area contributed by atoms with E-state index >= 15 is 0 Å². The Kier molecular flexibility index (Phi) is 2.02. The quantitative estimate of drug-likeness (QED) is 0.487. The van der Waals surface area contributed by atoms with Crippen molar-refractivity contribution < 1.29 is 9.90 Å². The predicted molar refractivity (Wildman–Crippen MR) is 43.6 cm³/mol. The summed E-state index contributed by atoms with van der Waals surface area (Å²) in [5.41, 5.74) is 0. The molecule has 2 N–H and O–H groups in total. The number of amides is 1. The molecule has 0 spiro atoms. The van der Waals surface area contributed by atoms with Crippen molar-refractivity contribution in [3.63, 3.8) is 0 Å². The van der Waals surface area contributed by atoms with Gasteiger partial charge in [-0.05, 0) is 12.8 Å². The Hall–Kier alpha value is -0.610. The molecule has 2 unspecified atom stereocenters. The number of hydrogen-bond donors (Lipinski definition) is 2. The largest absolute Gasteiger partial charge is 0.392 e. The van der Waals surface area contributed by atoms with Gasteiger partial charge in [-0.25, -0.2) is 0 Å². The Labute approximate surface area is 71.5 Å². The lowest BCUT2D eigenvalue weighted by Crippen LogP contribution is -2.39. The minimum Gasteiger partial charge on any atom is -0.392 e. The highest BCUT2D eigenvalue weighted by Gasteiger charge is 2.36. The average Bonchev–Trinajstić information content (AvgIpc) is 2.33. The lowest BCUT2D eigenvalue weighted by Gasteiger charge is -2.18. The molecule has 2 saturated heterocycles. The first-order valence-electron chi connectivity index (χ1n) is 4.47. The van der Waals surface area contributed by atoms with Gasteiger partial charge >= 0.3 is 0 Å². The number of rotatable bonds is 0. The van der Waals surface area contributed by atoms with E-state index in [0.717, 1.165) is 19.5 Å². The topological polar surface area (TPSA) is 52.6 Å². The van der Waals surface area contributed by atoms with Gasteiger partial charge in [-0.3, -0.25) is 9.69 Å². The standard InChI is InChI=1S/C8H14N2O2/c11-6-4-7-8(12)9-2-1-3-10(7)5-6/h6-7,11H,1-5H2,(H,9,12). The summed E-state index contributed by atoms with van der Waals surface area (Å²) in [7, 11) is 0. The van der Waals surface area contributed by atoms with Gasteiger partial charge in [-0.1, -0.05) is 0 Å². The highest BCUT2D eigenvalue weighted by atomic mass is 16.3. The van der Waals surface area contributed by atoms with Gasteiger partial charge in [0, 0.05) is 19.6 Å². The number of nitrogens with one attached hydrogen (secondary N) is 1. The number of fused-ring (bicyclic) bond motifs is 1. The van der Waals surface area contributed by atoms with Gasteiger partial charge in [0.05, 0.1) is 12.1 Å². The molecule has 2 atom stereocenters. The number of hydrogen-bond acceptors (Lipinski definition) is 3. The number of aliphatic hydroxyl groups excluding tert-OH is 1. The molecule has 4 nitrogen and oxygen atoms in total. The maximum Gasteiger partial charge on any atom is 0.237 e. The summed E-state index contributed by atoms with van der Waals surface area (Å²) in [5, 5.41) is 12.2. The smallest absolute Gasteiger partial charge is 0.237 e. The molecule has 2 aliphatic heterocycles. The molecule has 12 heavy (non-hydrogen) atoms. The summed E-state index contributed by atoms with van der Waals surface area (Å²) in [6, 6.07) is -0.0671. The van der Waals surface area contributed by atoms with E-state index in [-0.39, 0.29) is 18.1 Å². The SMILES string of the molecule is O=C1NCCCN2CC(O)CC12. The van der Waals surface area contributed by atoms with E-state index in [0.29, 0.717) is 13.0 Å². The molecule has 0 bridgehead atoms. The van der Waals surface area contributed by atoms with Crippen LogP contribution >= 0.6 is 0 Å². The van der Waals surface area contributed by atoms with Crippen LogP contribution in [0.15, 0.2) is 0 Å². The maximum atomic E-state index is 11.4. The third kappa shape index (κ3) is 1.32. The van der Waals surface area contributed by atoms with Gasteiger partial charge < -0.3 is 10.4 Å². The van der Waals surface area contributed by atoms with Gasteiger partial charge in [0.25, 0.3) is 0 Å². The number of nitrogens with zero attached hydrogens (tertiary/aromatic N) is 1. The molecule has 0 saturated carbocycles. The zero-order valence-corrected chi connectivity index (χ0v) is 6.99. The van der Waals surface area contributed by atoms with Crippen LogP contribution in [-0.2, 0) is 4.79 Å². The molecular weight excluding hydrogens is 156 g/mol. The van der Waals surface area contributed by atoms with E-state index in [1.54, 1.807) is 0 Å². The van der Waals surface area contributed by atoms with Crippen molar-refractivity contribution in [2.24, 2.45) is 0 Å². The van der Waals surface area contributed by atoms with E-state index in [1.807, 2.05) is 0 Å². The van der Waals surface area contributed by atoms with Crippen molar-refractivity contribution in [2.75, 3.05) is 19.6 Å². The fourth-order valence-electron chi connectivity index (χ4n) is 2.01. The van der Waals surface area contributed by atoms with Crippen LogP contribution in [0.1, 0.15) is 12.8 Å².